The van der Waals surface area contributed by atoms with Gasteiger partial charge in [0.05, 0.1) is 16.8 Å². The number of rotatable bonds is 2. The zero-order valence-corrected chi connectivity index (χ0v) is 13.5. The number of halogens is 1. The fourth-order valence-electron chi connectivity index (χ4n) is 2.80. The van der Waals surface area contributed by atoms with E-state index in [-0.39, 0.29) is 11.8 Å². The van der Waals surface area contributed by atoms with Crippen LogP contribution in [0.1, 0.15) is 20.7 Å². The van der Waals surface area contributed by atoms with E-state index in [2.05, 4.69) is 21.4 Å². The van der Waals surface area contributed by atoms with Gasteiger partial charge in [-0.15, -0.1) is 0 Å². The number of para-hydroxylation sites is 1. The second-order valence-electron chi connectivity index (χ2n) is 5.25. The quantitative estimate of drug-likeness (QED) is 0.690. The fraction of sp³-hybridized carbons (Fsp3) is 0. The van der Waals surface area contributed by atoms with Gasteiger partial charge in [-0.2, -0.15) is 5.01 Å². The first-order chi connectivity index (χ1) is 11.2. The van der Waals surface area contributed by atoms with E-state index < -0.39 is 0 Å². The van der Waals surface area contributed by atoms with Crippen molar-refractivity contribution in [3.8, 4) is 0 Å². The lowest BCUT2D eigenvalue weighted by atomic mass is 9.95. The Morgan fingerprint density at radius 3 is 2.22 bits per heavy atom. The van der Waals surface area contributed by atoms with E-state index >= 15 is 0 Å². The molecule has 0 aromatic heterocycles. The number of hydrazine groups is 1. The average Bonchev–Trinajstić information content (AvgIpc) is 2.59. The molecule has 4 rings (SSSR count). The molecule has 0 saturated heterocycles. The number of nitrogens with one attached hydrogen (secondary N) is 1. The van der Waals surface area contributed by atoms with Crippen LogP contribution in [0.2, 0.25) is 0 Å². The molecule has 0 unspecified atom stereocenters. The number of imide groups is 1. The van der Waals surface area contributed by atoms with Crippen molar-refractivity contribution in [1.82, 2.24) is 5.01 Å². The van der Waals surface area contributed by atoms with Crippen LogP contribution in [0, 0.1) is 0 Å². The van der Waals surface area contributed by atoms with Gasteiger partial charge in [0.25, 0.3) is 11.8 Å². The molecule has 1 N–H and O–H groups in total. The lowest BCUT2D eigenvalue weighted by molar-refractivity contribution is 0.0649. The lowest BCUT2D eigenvalue weighted by Gasteiger charge is -2.28. The molecule has 23 heavy (non-hydrogen) atoms. The van der Waals surface area contributed by atoms with Gasteiger partial charge >= 0.3 is 0 Å². The predicted octanol–water partition coefficient (Wildman–Crippen LogP) is 4.23. The number of carbonyl (C=O) groups is 2. The molecule has 1 aliphatic heterocycles. The Labute approximate surface area is 140 Å². The number of hydrogen-bond acceptors (Lipinski definition) is 3. The summed E-state index contributed by atoms with van der Waals surface area (Å²) in [6.45, 7) is 0. The summed E-state index contributed by atoms with van der Waals surface area (Å²) in [5.74, 6) is -0.704. The first-order valence-electron chi connectivity index (χ1n) is 7.08. The van der Waals surface area contributed by atoms with E-state index in [9.17, 15) is 9.59 Å². The topological polar surface area (TPSA) is 49.4 Å². The molecule has 2 amide bonds. The van der Waals surface area contributed by atoms with Gasteiger partial charge in [0.15, 0.2) is 0 Å². The summed E-state index contributed by atoms with van der Waals surface area (Å²) in [5, 5.41) is 2.63. The molecule has 0 radical (unpaired) electrons. The third-order valence-corrected chi connectivity index (χ3v) is 4.56. The van der Waals surface area contributed by atoms with Crippen LogP contribution in [0.5, 0.6) is 0 Å². The van der Waals surface area contributed by atoms with Crippen molar-refractivity contribution in [3.63, 3.8) is 0 Å². The van der Waals surface area contributed by atoms with Crippen LogP contribution in [0.25, 0.3) is 10.8 Å². The molecular formula is C18H11BrN2O2. The van der Waals surface area contributed by atoms with E-state index in [1.165, 1.54) is 0 Å². The maximum atomic E-state index is 12.8. The molecule has 0 aliphatic carbocycles. The highest BCUT2D eigenvalue weighted by atomic mass is 79.9. The molecule has 112 valence electrons. The van der Waals surface area contributed by atoms with Gasteiger partial charge in [0.1, 0.15) is 0 Å². The second-order valence-corrected chi connectivity index (χ2v) is 6.10. The van der Waals surface area contributed by atoms with Crippen LogP contribution in [0.3, 0.4) is 0 Å². The summed E-state index contributed by atoms with van der Waals surface area (Å²) in [5.41, 5.74) is 4.61. The minimum atomic E-state index is -0.352. The zero-order valence-electron chi connectivity index (χ0n) is 11.9. The van der Waals surface area contributed by atoms with Crippen LogP contribution < -0.4 is 5.43 Å². The van der Waals surface area contributed by atoms with Crippen molar-refractivity contribution in [1.29, 1.82) is 0 Å². The smallest absolute Gasteiger partial charge is 0.280 e. The molecule has 1 aliphatic rings. The number of nitrogens with zero attached hydrogens (tertiary/aromatic N) is 1. The SMILES string of the molecule is O=C1c2cccc3c(Br)ccc(c23)C(=O)N1Nc1ccccc1. The second kappa shape index (κ2) is 5.21. The summed E-state index contributed by atoms with van der Waals surface area (Å²) in [7, 11) is 0. The number of hydrogen-bond donors (Lipinski definition) is 1. The standard InChI is InChI=1S/C18H11BrN2O2/c19-15-10-9-14-16-12(15)7-4-8-13(16)17(22)21(18(14)23)20-11-5-2-1-3-6-11/h1-10,20H. The van der Waals surface area contributed by atoms with E-state index in [4.69, 9.17) is 0 Å². The maximum Gasteiger partial charge on any atom is 0.280 e. The Morgan fingerprint density at radius 1 is 0.783 bits per heavy atom. The largest absolute Gasteiger partial charge is 0.288 e. The number of benzene rings is 3. The van der Waals surface area contributed by atoms with Crippen molar-refractivity contribution in [2.24, 2.45) is 0 Å². The van der Waals surface area contributed by atoms with Crippen molar-refractivity contribution in [2.75, 3.05) is 5.43 Å². The van der Waals surface area contributed by atoms with Gasteiger partial charge in [-0.3, -0.25) is 15.0 Å². The van der Waals surface area contributed by atoms with Gasteiger partial charge in [-0.25, -0.2) is 0 Å². The molecule has 5 heteroatoms. The minimum absolute atomic E-state index is 0.352. The van der Waals surface area contributed by atoms with Gasteiger partial charge in [-0.05, 0) is 35.7 Å². The van der Waals surface area contributed by atoms with E-state index in [0.29, 0.717) is 22.2 Å². The van der Waals surface area contributed by atoms with Crippen LogP contribution >= 0.6 is 15.9 Å². The van der Waals surface area contributed by atoms with Gasteiger partial charge in [0, 0.05) is 9.86 Å². The number of anilines is 1. The average molecular weight is 367 g/mol. The monoisotopic (exact) mass is 366 g/mol. The Hall–Kier alpha value is -2.66. The molecule has 1 heterocycles. The lowest BCUT2D eigenvalue weighted by Crippen LogP contribution is -2.44. The van der Waals surface area contributed by atoms with E-state index in [1.807, 2.05) is 36.4 Å². The normalized spacial score (nSPS) is 13.5. The van der Waals surface area contributed by atoms with Crippen molar-refractivity contribution >= 4 is 44.2 Å². The Bertz CT molecular complexity index is 932. The molecule has 4 nitrogen and oxygen atoms in total. The van der Waals surface area contributed by atoms with Crippen molar-refractivity contribution < 1.29 is 9.59 Å². The summed E-state index contributed by atoms with van der Waals surface area (Å²) >= 11 is 3.48. The molecular weight excluding hydrogens is 356 g/mol. The highest BCUT2D eigenvalue weighted by Crippen LogP contribution is 2.34. The highest BCUT2D eigenvalue weighted by molar-refractivity contribution is 9.10. The van der Waals surface area contributed by atoms with E-state index in [1.54, 1.807) is 24.3 Å². The zero-order chi connectivity index (χ0) is 16.0. The van der Waals surface area contributed by atoms with Crippen LogP contribution in [0.15, 0.2) is 65.1 Å². The number of carbonyl (C=O) groups excluding carboxylic acids is 2. The molecule has 0 bridgehead atoms. The van der Waals surface area contributed by atoms with Gasteiger partial charge in [-0.1, -0.05) is 46.3 Å². The number of amides is 2. The molecule has 3 aromatic rings. The van der Waals surface area contributed by atoms with Gasteiger partial charge < -0.3 is 0 Å². The Kier molecular flexibility index (Phi) is 3.16. The Morgan fingerprint density at radius 2 is 1.48 bits per heavy atom. The van der Waals surface area contributed by atoms with Crippen LogP contribution in [0.4, 0.5) is 5.69 Å². The van der Waals surface area contributed by atoms with Crippen LogP contribution in [-0.4, -0.2) is 16.8 Å². The maximum absolute atomic E-state index is 12.8. The third kappa shape index (κ3) is 2.12. The van der Waals surface area contributed by atoms with Crippen molar-refractivity contribution in [2.45, 2.75) is 0 Å². The predicted molar refractivity (Wildman–Crippen MR) is 92.2 cm³/mol. The minimum Gasteiger partial charge on any atom is -0.288 e. The summed E-state index contributed by atoms with van der Waals surface area (Å²) in [6.07, 6.45) is 0. The summed E-state index contributed by atoms with van der Waals surface area (Å²) < 4.78 is 0.864. The Balaban J connectivity index is 1.87. The summed E-state index contributed by atoms with van der Waals surface area (Å²) in [6, 6.07) is 18.2. The first-order valence-corrected chi connectivity index (χ1v) is 7.88. The summed E-state index contributed by atoms with van der Waals surface area (Å²) in [4.78, 5) is 25.5. The van der Waals surface area contributed by atoms with Gasteiger partial charge in [0.2, 0.25) is 0 Å². The highest BCUT2D eigenvalue weighted by Gasteiger charge is 2.33. The van der Waals surface area contributed by atoms with Crippen molar-refractivity contribution in [3.05, 3.63) is 76.3 Å². The molecule has 0 atom stereocenters. The molecule has 3 aromatic carbocycles. The molecule has 0 fully saturated rings. The molecule has 0 spiro atoms. The fourth-order valence-corrected chi connectivity index (χ4v) is 3.27. The van der Waals surface area contributed by atoms with E-state index in [0.717, 1.165) is 14.9 Å². The van der Waals surface area contributed by atoms with Crippen LogP contribution in [-0.2, 0) is 0 Å². The first kappa shape index (κ1) is 14.0. The molecule has 0 saturated carbocycles. The third-order valence-electron chi connectivity index (χ3n) is 3.87.